The number of carbonyl (C=O) groups is 2. The highest BCUT2D eigenvalue weighted by Crippen LogP contribution is 2.24. The Morgan fingerprint density at radius 2 is 2.25 bits per heavy atom. The van der Waals surface area contributed by atoms with Gasteiger partial charge in [-0.25, -0.2) is 9.78 Å². The molecule has 0 aromatic carbocycles. The van der Waals surface area contributed by atoms with Crippen molar-refractivity contribution >= 4 is 29.3 Å². The second kappa shape index (κ2) is 6.09. The molecule has 0 radical (unpaired) electrons. The smallest absolute Gasteiger partial charge is 0.356 e. The van der Waals surface area contributed by atoms with Gasteiger partial charge >= 0.3 is 5.97 Å². The van der Waals surface area contributed by atoms with E-state index in [1.54, 1.807) is 13.1 Å². The molecule has 7 heteroatoms. The van der Waals surface area contributed by atoms with Crippen LogP contribution in [0.2, 0.25) is 5.02 Å². The van der Waals surface area contributed by atoms with E-state index in [0.29, 0.717) is 12.4 Å². The Hall–Kier alpha value is -1.82. The lowest BCUT2D eigenvalue weighted by Crippen LogP contribution is -2.42. The Morgan fingerprint density at radius 3 is 2.90 bits per heavy atom. The molecule has 1 aliphatic heterocycles. The van der Waals surface area contributed by atoms with Crippen molar-refractivity contribution in [2.75, 3.05) is 25.0 Å². The molecular weight excluding hydrogens is 282 g/mol. The quantitative estimate of drug-likeness (QED) is 0.881. The molecule has 1 aliphatic rings. The maximum atomic E-state index is 11.7. The molecule has 2 N–H and O–H groups in total. The first-order valence-electron chi connectivity index (χ1n) is 6.39. The third-order valence-corrected chi connectivity index (χ3v) is 3.70. The largest absolute Gasteiger partial charge is 0.476 e. The van der Waals surface area contributed by atoms with Crippen LogP contribution in [-0.4, -0.2) is 42.1 Å². The van der Waals surface area contributed by atoms with Gasteiger partial charge in [-0.3, -0.25) is 4.79 Å². The van der Waals surface area contributed by atoms with E-state index in [2.05, 4.69) is 10.3 Å². The van der Waals surface area contributed by atoms with Gasteiger partial charge in [0.05, 0.1) is 10.9 Å². The predicted molar refractivity (Wildman–Crippen MR) is 75.2 cm³/mol. The van der Waals surface area contributed by atoms with Gasteiger partial charge in [0.25, 0.3) is 0 Å². The number of rotatable bonds is 3. The first-order chi connectivity index (χ1) is 9.52. The van der Waals surface area contributed by atoms with E-state index in [4.69, 9.17) is 16.7 Å². The predicted octanol–water partition coefficient (Wildman–Crippen LogP) is 1.40. The van der Waals surface area contributed by atoms with Crippen molar-refractivity contribution in [1.82, 2.24) is 10.3 Å². The van der Waals surface area contributed by atoms with Gasteiger partial charge < -0.3 is 15.3 Å². The van der Waals surface area contributed by atoms with Gasteiger partial charge in [0, 0.05) is 20.1 Å². The Labute approximate surface area is 121 Å². The summed E-state index contributed by atoms with van der Waals surface area (Å²) >= 11 is 5.81. The number of hydrogen-bond donors (Lipinski definition) is 2. The van der Waals surface area contributed by atoms with Crippen LogP contribution in [0.15, 0.2) is 12.1 Å². The Morgan fingerprint density at radius 1 is 1.50 bits per heavy atom. The van der Waals surface area contributed by atoms with Crippen molar-refractivity contribution in [3.63, 3.8) is 0 Å². The average molecular weight is 298 g/mol. The SMILES string of the molecule is CNC(=O)C1CCCN(c2ccc(Cl)c(C(=O)O)n2)C1. The summed E-state index contributed by atoms with van der Waals surface area (Å²) in [5, 5.41) is 11.8. The summed E-state index contributed by atoms with van der Waals surface area (Å²) in [6, 6.07) is 3.21. The summed E-state index contributed by atoms with van der Waals surface area (Å²) in [5.41, 5.74) is -0.161. The molecule has 6 nitrogen and oxygen atoms in total. The molecule has 0 aliphatic carbocycles. The van der Waals surface area contributed by atoms with Gasteiger partial charge in [0.15, 0.2) is 5.69 Å². The normalized spacial score (nSPS) is 18.7. The number of halogens is 1. The fourth-order valence-corrected chi connectivity index (χ4v) is 2.55. The molecule has 1 unspecified atom stereocenters. The van der Waals surface area contributed by atoms with Crippen molar-refractivity contribution in [3.05, 3.63) is 22.8 Å². The number of carboxylic acid groups (broad SMARTS) is 1. The van der Waals surface area contributed by atoms with Crippen molar-refractivity contribution in [3.8, 4) is 0 Å². The minimum atomic E-state index is -1.16. The number of pyridine rings is 1. The average Bonchev–Trinajstić information content (AvgIpc) is 2.46. The summed E-state index contributed by atoms with van der Waals surface area (Å²) in [5.74, 6) is -0.709. The molecule has 2 heterocycles. The minimum Gasteiger partial charge on any atom is -0.476 e. The monoisotopic (exact) mass is 297 g/mol. The third kappa shape index (κ3) is 3.01. The maximum Gasteiger partial charge on any atom is 0.356 e. The highest BCUT2D eigenvalue weighted by molar-refractivity contribution is 6.33. The number of carbonyl (C=O) groups excluding carboxylic acids is 1. The highest BCUT2D eigenvalue weighted by Gasteiger charge is 2.26. The second-order valence-electron chi connectivity index (χ2n) is 4.70. The summed E-state index contributed by atoms with van der Waals surface area (Å²) in [4.78, 5) is 28.7. The molecule has 0 spiro atoms. The summed E-state index contributed by atoms with van der Waals surface area (Å²) in [7, 11) is 1.62. The molecule has 1 aromatic heterocycles. The van der Waals surface area contributed by atoms with Gasteiger partial charge in [-0.2, -0.15) is 0 Å². The van der Waals surface area contributed by atoms with Crippen molar-refractivity contribution < 1.29 is 14.7 Å². The Bertz CT molecular complexity index is 536. The first kappa shape index (κ1) is 14.6. The second-order valence-corrected chi connectivity index (χ2v) is 5.11. The van der Waals surface area contributed by atoms with Gasteiger partial charge in [-0.15, -0.1) is 0 Å². The number of nitrogens with one attached hydrogen (secondary N) is 1. The van der Waals surface area contributed by atoms with Crippen molar-refractivity contribution in [2.45, 2.75) is 12.8 Å². The number of aromatic nitrogens is 1. The molecule has 0 saturated carbocycles. The number of piperidine rings is 1. The molecule has 2 rings (SSSR count). The summed E-state index contributed by atoms with van der Waals surface area (Å²) in [6.07, 6.45) is 1.69. The van der Waals surface area contributed by atoms with E-state index in [0.717, 1.165) is 19.4 Å². The number of amides is 1. The van der Waals surface area contributed by atoms with Crippen molar-refractivity contribution in [1.29, 1.82) is 0 Å². The molecule has 1 saturated heterocycles. The lowest BCUT2D eigenvalue weighted by Gasteiger charge is -2.32. The number of anilines is 1. The van der Waals surface area contributed by atoms with Crippen LogP contribution in [0.1, 0.15) is 23.3 Å². The van der Waals surface area contributed by atoms with Crippen LogP contribution in [-0.2, 0) is 4.79 Å². The van der Waals surface area contributed by atoms with Crippen LogP contribution in [0.3, 0.4) is 0 Å². The molecule has 1 aromatic rings. The lowest BCUT2D eigenvalue weighted by molar-refractivity contribution is -0.124. The molecule has 0 bridgehead atoms. The number of carboxylic acids is 1. The molecular formula is C13H16ClN3O3. The highest BCUT2D eigenvalue weighted by atomic mass is 35.5. The summed E-state index contributed by atoms with van der Waals surface area (Å²) in [6.45, 7) is 1.29. The van der Waals surface area contributed by atoms with Gasteiger partial charge in [-0.1, -0.05) is 11.6 Å². The minimum absolute atomic E-state index is 0.00196. The van der Waals surface area contributed by atoms with Crippen LogP contribution in [0.25, 0.3) is 0 Å². The van der Waals surface area contributed by atoms with Crippen molar-refractivity contribution in [2.24, 2.45) is 5.92 Å². The van der Waals surface area contributed by atoms with Gasteiger partial charge in [0.1, 0.15) is 5.82 Å². The molecule has 1 atom stereocenters. The third-order valence-electron chi connectivity index (χ3n) is 3.40. The summed E-state index contributed by atoms with van der Waals surface area (Å²) < 4.78 is 0. The fourth-order valence-electron chi connectivity index (χ4n) is 2.36. The van der Waals surface area contributed by atoms with E-state index in [1.807, 2.05) is 4.90 Å². The molecule has 108 valence electrons. The van der Waals surface area contributed by atoms with Gasteiger partial charge in [0.2, 0.25) is 5.91 Å². The van der Waals surface area contributed by atoms with E-state index in [-0.39, 0.29) is 22.5 Å². The van der Waals surface area contributed by atoms with E-state index < -0.39 is 5.97 Å². The topological polar surface area (TPSA) is 82.5 Å². The lowest BCUT2D eigenvalue weighted by atomic mass is 9.97. The number of aromatic carboxylic acids is 1. The van der Waals surface area contributed by atoms with E-state index in [1.165, 1.54) is 6.07 Å². The van der Waals surface area contributed by atoms with Crippen LogP contribution in [0, 0.1) is 5.92 Å². The van der Waals surface area contributed by atoms with Gasteiger partial charge in [-0.05, 0) is 25.0 Å². The molecule has 1 amide bonds. The standard InChI is InChI=1S/C13H16ClN3O3/c1-15-12(18)8-3-2-6-17(7-8)10-5-4-9(14)11(16-10)13(19)20/h4-5,8H,2-3,6-7H2,1H3,(H,15,18)(H,19,20). The van der Waals surface area contributed by atoms with Crippen LogP contribution >= 0.6 is 11.6 Å². The fraction of sp³-hybridized carbons (Fsp3) is 0.462. The Kier molecular flexibility index (Phi) is 4.44. The first-order valence-corrected chi connectivity index (χ1v) is 6.77. The molecule has 1 fully saturated rings. The number of nitrogens with zero attached hydrogens (tertiary/aromatic N) is 2. The Balaban J connectivity index is 2.21. The zero-order chi connectivity index (χ0) is 14.7. The zero-order valence-electron chi connectivity index (χ0n) is 11.1. The molecule has 20 heavy (non-hydrogen) atoms. The van der Waals surface area contributed by atoms with Crippen LogP contribution < -0.4 is 10.2 Å². The van der Waals surface area contributed by atoms with Crippen LogP contribution in [0.4, 0.5) is 5.82 Å². The zero-order valence-corrected chi connectivity index (χ0v) is 11.9. The van der Waals surface area contributed by atoms with Crippen LogP contribution in [0.5, 0.6) is 0 Å². The van der Waals surface area contributed by atoms with E-state index in [9.17, 15) is 9.59 Å². The van der Waals surface area contributed by atoms with E-state index >= 15 is 0 Å². The number of hydrogen-bond acceptors (Lipinski definition) is 4. The maximum absolute atomic E-state index is 11.7.